The maximum Gasteiger partial charge on any atom is 0.266 e. The largest absolute Gasteiger partial charge is 0.350 e. The van der Waals surface area contributed by atoms with Crippen LogP contribution < -0.4 is 15.5 Å². The van der Waals surface area contributed by atoms with Crippen molar-refractivity contribution in [2.75, 3.05) is 18.0 Å². The van der Waals surface area contributed by atoms with E-state index in [4.69, 9.17) is 0 Å². The summed E-state index contributed by atoms with van der Waals surface area (Å²) in [6.07, 6.45) is 2.10. The van der Waals surface area contributed by atoms with E-state index < -0.39 is 5.91 Å². The predicted molar refractivity (Wildman–Crippen MR) is 107 cm³/mol. The molecule has 1 saturated heterocycles. The molecule has 144 valence electrons. The average Bonchev–Trinajstić information content (AvgIpc) is 3.23. The van der Waals surface area contributed by atoms with E-state index in [2.05, 4.69) is 17.6 Å². The van der Waals surface area contributed by atoms with Gasteiger partial charge in [0.2, 0.25) is 0 Å². The van der Waals surface area contributed by atoms with Crippen molar-refractivity contribution < 1.29 is 14.4 Å². The molecule has 6 heteroatoms. The standard InChI is InChI=1S/C22H23N3O3/c1-14-6-3-4-7-18(14)25-20(27)16-9-8-15(12-17(16)21(25)28)19(26)23-13-22(2)10-5-11-24-22/h3-4,6-9,12,24H,5,10-11,13H2,1-2H3,(H,23,26)/t22-/m0/s1. The third-order valence-electron chi connectivity index (χ3n) is 5.60. The zero-order valence-corrected chi connectivity index (χ0v) is 16.0. The van der Waals surface area contributed by atoms with Crippen LogP contribution in [0.2, 0.25) is 0 Å². The Hall–Kier alpha value is -2.99. The molecule has 0 radical (unpaired) electrons. The van der Waals surface area contributed by atoms with Gasteiger partial charge in [-0.25, -0.2) is 4.90 Å². The Morgan fingerprint density at radius 2 is 1.89 bits per heavy atom. The highest BCUT2D eigenvalue weighted by atomic mass is 16.2. The van der Waals surface area contributed by atoms with E-state index in [0.717, 1.165) is 24.9 Å². The molecule has 28 heavy (non-hydrogen) atoms. The van der Waals surface area contributed by atoms with E-state index in [1.165, 1.54) is 11.0 Å². The smallest absolute Gasteiger partial charge is 0.266 e. The minimum Gasteiger partial charge on any atom is -0.350 e. The van der Waals surface area contributed by atoms with Gasteiger partial charge in [-0.3, -0.25) is 14.4 Å². The van der Waals surface area contributed by atoms with E-state index in [1.807, 2.05) is 19.1 Å². The number of aryl methyl sites for hydroxylation is 1. The molecule has 2 aliphatic heterocycles. The number of amides is 3. The lowest BCUT2D eigenvalue weighted by molar-refractivity contribution is 0.0922. The molecule has 2 aromatic carbocycles. The van der Waals surface area contributed by atoms with Gasteiger partial charge in [0.15, 0.2) is 0 Å². The Labute approximate surface area is 163 Å². The monoisotopic (exact) mass is 377 g/mol. The van der Waals surface area contributed by atoms with Crippen molar-refractivity contribution in [3.8, 4) is 0 Å². The maximum atomic E-state index is 12.9. The van der Waals surface area contributed by atoms with E-state index in [9.17, 15) is 14.4 Å². The Morgan fingerprint density at radius 3 is 2.61 bits per heavy atom. The van der Waals surface area contributed by atoms with Gasteiger partial charge in [-0.1, -0.05) is 18.2 Å². The van der Waals surface area contributed by atoms with E-state index in [1.54, 1.807) is 24.3 Å². The van der Waals surface area contributed by atoms with Crippen molar-refractivity contribution in [2.24, 2.45) is 0 Å². The lowest BCUT2D eigenvalue weighted by Gasteiger charge is -2.24. The number of fused-ring (bicyclic) bond motifs is 1. The molecular weight excluding hydrogens is 354 g/mol. The minimum absolute atomic E-state index is 0.0974. The van der Waals surface area contributed by atoms with Crippen LogP contribution in [0.3, 0.4) is 0 Å². The van der Waals surface area contributed by atoms with Crippen LogP contribution >= 0.6 is 0 Å². The van der Waals surface area contributed by atoms with Crippen LogP contribution in [0.15, 0.2) is 42.5 Å². The van der Waals surface area contributed by atoms with Gasteiger partial charge in [-0.05, 0) is 63.1 Å². The highest BCUT2D eigenvalue weighted by Gasteiger charge is 2.38. The van der Waals surface area contributed by atoms with Crippen molar-refractivity contribution in [2.45, 2.75) is 32.2 Å². The van der Waals surface area contributed by atoms with Crippen molar-refractivity contribution in [1.82, 2.24) is 10.6 Å². The molecule has 6 nitrogen and oxygen atoms in total. The Bertz CT molecular complexity index is 977. The maximum absolute atomic E-state index is 12.9. The number of imide groups is 1. The highest BCUT2D eigenvalue weighted by molar-refractivity contribution is 6.35. The van der Waals surface area contributed by atoms with Crippen molar-refractivity contribution in [3.05, 3.63) is 64.7 Å². The van der Waals surface area contributed by atoms with E-state index in [0.29, 0.717) is 23.4 Å². The summed E-state index contributed by atoms with van der Waals surface area (Å²) in [5.41, 5.74) is 2.29. The summed E-state index contributed by atoms with van der Waals surface area (Å²) < 4.78 is 0. The van der Waals surface area contributed by atoms with Crippen molar-refractivity contribution >= 4 is 23.4 Å². The molecule has 1 fully saturated rings. The Morgan fingerprint density at radius 1 is 1.14 bits per heavy atom. The lowest BCUT2D eigenvalue weighted by atomic mass is 10.00. The molecule has 2 aliphatic rings. The zero-order valence-electron chi connectivity index (χ0n) is 16.0. The molecule has 4 rings (SSSR count). The topological polar surface area (TPSA) is 78.5 Å². The fraction of sp³-hybridized carbons (Fsp3) is 0.318. The molecule has 3 amide bonds. The normalized spacial score (nSPS) is 21.1. The zero-order chi connectivity index (χ0) is 19.9. The number of para-hydroxylation sites is 1. The highest BCUT2D eigenvalue weighted by Crippen LogP contribution is 2.31. The third kappa shape index (κ3) is 3.10. The van der Waals surface area contributed by atoms with Crippen LogP contribution in [-0.2, 0) is 0 Å². The summed E-state index contributed by atoms with van der Waals surface area (Å²) in [4.78, 5) is 39.5. The summed E-state index contributed by atoms with van der Waals surface area (Å²) >= 11 is 0. The molecule has 0 saturated carbocycles. The number of nitrogens with zero attached hydrogens (tertiary/aromatic N) is 1. The van der Waals surface area contributed by atoms with Gasteiger partial charge in [-0.15, -0.1) is 0 Å². The third-order valence-corrected chi connectivity index (χ3v) is 5.60. The van der Waals surface area contributed by atoms with Crippen molar-refractivity contribution in [3.63, 3.8) is 0 Å². The van der Waals surface area contributed by atoms with E-state index >= 15 is 0 Å². The van der Waals surface area contributed by atoms with E-state index in [-0.39, 0.29) is 22.9 Å². The second-order valence-electron chi connectivity index (χ2n) is 7.77. The van der Waals surface area contributed by atoms with Crippen LogP contribution in [-0.4, -0.2) is 36.3 Å². The number of nitrogens with one attached hydrogen (secondary N) is 2. The van der Waals surface area contributed by atoms with Gasteiger partial charge in [0.25, 0.3) is 17.7 Å². The Kier molecular flexibility index (Phi) is 4.51. The summed E-state index contributed by atoms with van der Waals surface area (Å²) in [5, 5.41) is 6.34. The number of rotatable bonds is 4. The SMILES string of the molecule is Cc1ccccc1N1C(=O)c2ccc(C(=O)NC[C@]3(C)CCCN3)cc2C1=O. The molecule has 1 atom stereocenters. The van der Waals surface area contributed by atoms with Gasteiger partial charge in [0, 0.05) is 17.6 Å². The molecule has 2 aromatic rings. The first-order valence-electron chi connectivity index (χ1n) is 9.51. The number of carbonyl (C=O) groups excluding carboxylic acids is 3. The van der Waals surface area contributed by atoms with Gasteiger partial charge in [0.1, 0.15) is 0 Å². The van der Waals surface area contributed by atoms with Crippen LogP contribution in [0.1, 0.15) is 56.4 Å². The van der Waals surface area contributed by atoms with Gasteiger partial charge in [0.05, 0.1) is 16.8 Å². The summed E-state index contributed by atoms with van der Waals surface area (Å²) in [6.45, 7) is 5.42. The molecular formula is C22H23N3O3. The number of hydrogen-bond acceptors (Lipinski definition) is 4. The van der Waals surface area contributed by atoms with Crippen molar-refractivity contribution in [1.29, 1.82) is 0 Å². The summed E-state index contributed by atoms with van der Waals surface area (Å²) in [7, 11) is 0. The van der Waals surface area contributed by atoms with Crippen LogP contribution in [0, 0.1) is 6.92 Å². The molecule has 0 aromatic heterocycles. The summed E-state index contributed by atoms with van der Waals surface area (Å²) in [6, 6.07) is 12.0. The second-order valence-corrected chi connectivity index (χ2v) is 7.77. The molecule has 2 N–H and O–H groups in total. The number of anilines is 1. The quantitative estimate of drug-likeness (QED) is 0.803. The first-order valence-corrected chi connectivity index (χ1v) is 9.51. The number of hydrogen-bond donors (Lipinski definition) is 2. The summed E-state index contributed by atoms with van der Waals surface area (Å²) in [5.74, 6) is -0.996. The van der Waals surface area contributed by atoms with Gasteiger partial charge in [-0.2, -0.15) is 0 Å². The first kappa shape index (κ1) is 18.4. The second kappa shape index (κ2) is 6.87. The van der Waals surface area contributed by atoms with Gasteiger partial charge >= 0.3 is 0 Å². The average molecular weight is 377 g/mol. The van der Waals surface area contributed by atoms with Crippen LogP contribution in [0.4, 0.5) is 5.69 Å². The molecule has 0 aliphatic carbocycles. The number of benzene rings is 2. The molecule has 2 heterocycles. The van der Waals surface area contributed by atoms with Gasteiger partial charge < -0.3 is 10.6 Å². The molecule has 0 spiro atoms. The minimum atomic E-state index is -0.395. The predicted octanol–water partition coefficient (Wildman–Crippen LogP) is 2.67. The van der Waals surface area contributed by atoms with Crippen LogP contribution in [0.25, 0.3) is 0 Å². The fourth-order valence-electron chi connectivity index (χ4n) is 3.90. The fourth-order valence-corrected chi connectivity index (χ4v) is 3.90. The lowest BCUT2D eigenvalue weighted by Crippen LogP contribution is -2.47. The van der Waals surface area contributed by atoms with Crippen LogP contribution in [0.5, 0.6) is 0 Å². The molecule has 0 unspecified atom stereocenters. The molecule has 0 bridgehead atoms. The Balaban J connectivity index is 1.57. The number of carbonyl (C=O) groups is 3. The first-order chi connectivity index (χ1) is 13.4.